The van der Waals surface area contributed by atoms with Crippen LogP contribution in [0.2, 0.25) is 0 Å². The van der Waals surface area contributed by atoms with E-state index in [1.165, 1.54) is 12.0 Å². The summed E-state index contributed by atoms with van der Waals surface area (Å²) in [6.45, 7) is 16.5. The maximum Gasteiger partial charge on any atom is 0.306 e. The van der Waals surface area contributed by atoms with Crippen molar-refractivity contribution in [3.63, 3.8) is 0 Å². The van der Waals surface area contributed by atoms with Crippen molar-refractivity contribution in [2.45, 2.75) is 112 Å². The second-order valence-corrected chi connectivity index (χ2v) is 14.7. The lowest BCUT2D eigenvalue weighted by Crippen LogP contribution is -2.65. The van der Waals surface area contributed by atoms with Gasteiger partial charge in [-0.05, 0) is 96.7 Å². The molecule has 5 aliphatic rings. The van der Waals surface area contributed by atoms with Gasteiger partial charge in [-0.3, -0.25) is 4.79 Å². The minimum Gasteiger partial charge on any atom is -0.481 e. The van der Waals surface area contributed by atoms with Crippen LogP contribution in [0.1, 0.15) is 99.8 Å². The van der Waals surface area contributed by atoms with E-state index in [4.69, 9.17) is 0 Å². The zero-order chi connectivity index (χ0) is 25.1. The van der Waals surface area contributed by atoms with Gasteiger partial charge in [-0.1, -0.05) is 60.1 Å². The van der Waals surface area contributed by atoms with Crippen LogP contribution in [0.15, 0.2) is 11.6 Å². The van der Waals surface area contributed by atoms with Crippen LogP contribution in [-0.4, -0.2) is 33.5 Å². The molecule has 0 bridgehead atoms. The van der Waals surface area contributed by atoms with Gasteiger partial charge in [-0.25, -0.2) is 0 Å². The number of fused-ring (bicyclic) bond motifs is 7. The van der Waals surface area contributed by atoms with E-state index in [0.29, 0.717) is 18.3 Å². The SMILES string of the molecule is C[C@@H]1[C@H]2C3=CC[C@@H]4[C@@]5(C)CC[C@@H](O)C(C)(C)[C@@H]5CC[C@@]4(C)[C@]3(C)CC[C@@]2(C)[C@@H](O)C[C@H]1C(=O)O. The molecule has 4 saturated carbocycles. The third-order valence-electron chi connectivity index (χ3n) is 13.4. The van der Waals surface area contributed by atoms with Crippen molar-refractivity contribution in [1.82, 2.24) is 0 Å². The molecule has 11 atom stereocenters. The molecule has 0 heterocycles. The Morgan fingerprint density at radius 3 is 2.21 bits per heavy atom. The summed E-state index contributed by atoms with van der Waals surface area (Å²) >= 11 is 0. The summed E-state index contributed by atoms with van der Waals surface area (Å²) in [5.41, 5.74) is 1.57. The van der Waals surface area contributed by atoms with Gasteiger partial charge < -0.3 is 15.3 Å². The van der Waals surface area contributed by atoms with Crippen molar-refractivity contribution in [2.24, 2.45) is 56.7 Å². The zero-order valence-electron chi connectivity index (χ0n) is 22.5. The molecule has 3 N–H and O–H groups in total. The normalized spacial score (nSPS) is 56.3. The highest BCUT2D eigenvalue weighted by molar-refractivity contribution is 5.71. The molecule has 0 aliphatic heterocycles. The predicted molar refractivity (Wildman–Crippen MR) is 134 cm³/mol. The number of carbonyl (C=O) groups is 1. The van der Waals surface area contributed by atoms with Gasteiger partial charge in [0, 0.05) is 5.41 Å². The first kappa shape index (κ1) is 24.8. The van der Waals surface area contributed by atoms with Crippen LogP contribution in [0.25, 0.3) is 0 Å². The lowest BCUT2D eigenvalue weighted by Gasteiger charge is -2.71. The minimum atomic E-state index is -0.752. The predicted octanol–water partition coefficient (Wildman–Crippen LogP) is 6.06. The Bertz CT molecular complexity index is 907. The molecule has 0 radical (unpaired) electrons. The minimum absolute atomic E-state index is 0.0304. The zero-order valence-corrected chi connectivity index (χ0v) is 22.5. The van der Waals surface area contributed by atoms with E-state index >= 15 is 0 Å². The van der Waals surface area contributed by atoms with Gasteiger partial charge in [-0.2, -0.15) is 0 Å². The van der Waals surface area contributed by atoms with Crippen LogP contribution in [-0.2, 0) is 4.79 Å². The van der Waals surface area contributed by atoms with Gasteiger partial charge in [0.2, 0.25) is 0 Å². The summed E-state index contributed by atoms with van der Waals surface area (Å²) in [6, 6.07) is 0. The molecule has 0 aromatic heterocycles. The molecule has 5 rings (SSSR count). The summed E-state index contributed by atoms with van der Waals surface area (Å²) in [7, 11) is 0. The lowest BCUT2D eigenvalue weighted by molar-refractivity contribution is -0.209. The fourth-order valence-corrected chi connectivity index (χ4v) is 11.0. The average molecular weight is 473 g/mol. The number of carboxylic acid groups (broad SMARTS) is 1. The second-order valence-electron chi connectivity index (χ2n) is 14.7. The smallest absolute Gasteiger partial charge is 0.306 e. The number of aliphatic carboxylic acids is 1. The fourth-order valence-electron chi connectivity index (χ4n) is 11.0. The molecule has 0 saturated heterocycles. The average Bonchev–Trinajstić information content (AvgIpc) is 2.74. The first-order chi connectivity index (χ1) is 15.6. The number of rotatable bonds is 1. The molecule has 192 valence electrons. The first-order valence-electron chi connectivity index (χ1n) is 13.9. The molecule has 0 unspecified atom stereocenters. The van der Waals surface area contributed by atoms with Crippen molar-refractivity contribution >= 4 is 5.97 Å². The van der Waals surface area contributed by atoms with Crippen molar-refractivity contribution in [3.8, 4) is 0 Å². The Morgan fingerprint density at radius 2 is 1.56 bits per heavy atom. The number of aliphatic hydroxyl groups excluding tert-OH is 2. The molecule has 34 heavy (non-hydrogen) atoms. The van der Waals surface area contributed by atoms with Crippen LogP contribution < -0.4 is 0 Å². The number of aliphatic hydroxyl groups is 2. The Labute approximate surface area is 206 Å². The Balaban J connectivity index is 1.60. The monoisotopic (exact) mass is 472 g/mol. The molecular weight excluding hydrogens is 424 g/mol. The van der Waals surface area contributed by atoms with Crippen LogP contribution in [0.5, 0.6) is 0 Å². The number of allylic oxidation sites excluding steroid dienone is 2. The van der Waals surface area contributed by atoms with Gasteiger partial charge in [0.05, 0.1) is 18.1 Å². The first-order valence-corrected chi connectivity index (χ1v) is 13.9. The molecule has 4 fully saturated rings. The van der Waals surface area contributed by atoms with Gasteiger partial charge in [0.15, 0.2) is 0 Å². The second kappa shape index (κ2) is 7.34. The van der Waals surface area contributed by atoms with Crippen LogP contribution in [0.3, 0.4) is 0 Å². The van der Waals surface area contributed by atoms with E-state index in [1.807, 2.05) is 0 Å². The van der Waals surface area contributed by atoms with E-state index < -0.39 is 18.0 Å². The molecule has 0 amide bonds. The van der Waals surface area contributed by atoms with E-state index in [9.17, 15) is 20.1 Å². The van der Waals surface area contributed by atoms with E-state index in [0.717, 1.165) is 38.5 Å². The Hall–Kier alpha value is -0.870. The van der Waals surface area contributed by atoms with Gasteiger partial charge in [0.25, 0.3) is 0 Å². The molecule has 0 aromatic rings. The number of hydrogen-bond acceptors (Lipinski definition) is 3. The number of carboxylic acids is 1. The van der Waals surface area contributed by atoms with Crippen LogP contribution in [0.4, 0.5) is 0 Å². The standard InChI is InChI=1S/C30H48O4/c1-17-18(25(33)34)16-23(32)28(5)14-15-29(6)19(24(17)28)8-9-21-27(4)12-11-22(31)26(2,3)20(27)10-13-30(21,29)7/h8,17-18,20-24,31-32H,9-16H2,1-7H3,(H,33,34)/t17-,18+,20-,21+,22+,23-,24-,27-,28-,29+,30+/m0/s1. The van der Waals surface area contributed by atoms with Gasteiger partial charge in [-0.15, -0.1) is 0 Å². The summed E-state index contributed by atoms with van der Waals surface area (Å²) in [6.07, 6.45) is 9.55. The van der Waals surface area contributed by atoms with Crippen molar-refractivity contribution in [2.75, 3.05) is 0 Å². The molecule has 5 aliphatic carbocycles. The van der Waals surface area contributed by atoms with Crippen molar-refractivity contribution in [1.29, 1.82) is 0 Å². The third-order valence-corrected chi connectivity index (χ3v) is 13.4. The summed E-state index contributed by atoms with van der Waals surface area (Å²) in [5.74, 6) is 0.0357. The Kier molecular flexibility index (Phi) is 5.36. The topological polar surface area (TPSA) is 77.8 Å². The summed E-state index contributed by atoms with van der Waals surface area (Å²) in [4.78, 5) is 12.2. The summed E-state index contributed by atoms with van der Waals surface area (Å²) < 4.78 is 0. The van der Waals surface area contributed by atoms with Gasteiger partial charge in [0.1, 0.15) is 0 Å². The van der Waals surface area contributed by atoms with E-state index in [1.54, 1.807) is 0 Å². The fraction of sp³-hybridized carbons (Fsp3) is 0.900. The lowest BCUT2D eigenvalue weighted by atomic mass is 9.33. The maximum absolute atomic E-state index is 12.2. The van der Waals surface area contributed by atoms with E-state index in [2.05, 4.69) is 54.5 Å². The molecule has 4 heteroatoms. The molecule has 4 nitrogen and oxygen atoms in total. The molecular formula is C30H48O4. The van der Waals surface area contributed by atoms with Crippen LogP contribution in [0, 0.1) is 56.7 Å². The van der Waals surface area contributed by atoms with Crippen molar-refractivity contribution < 1.29 is 20.1 Å². The van der Waals surface area contributed by atoms with E-state index in [-0.39, 0.29) is 45.0 Å². The highest BCUT2D eigenvalue weighted by atomic mass is 16.4. The van der Waals surface area contributed by atoms with Gasteiger partial charge >= 0.3 is 5.97 Å². The molecule has 0 spiro atoms. The summed E-state index contributed by atoms with van der Waals surface area (Å²) in [5, 5.41) is 32.1. The Morgan fingerprint density at radius 1 is 0.882 bits per heavy atom. The highest BCUT2D eigenvalue weighted by Crippen LogP contribution is 2.75. The largest absolute Gasteiger partial charge is 0.481 e. The van der Waals surface area contributed by atoms with Crippen LogP contribution >= 0.6 is 0 Å². The molecule has 0 aromatic carbocycles. The maximum atomic E-state index is 12.2. The van der Waals surface area contributed by atoms with Crippen molar-refractivity contribution in [3.05, 3.63) is 11.6 Å². The highest BCUT2D eigenvalue weighted by Gasteiger charge is 2.69. The quantitative estimate of drug-likeness (QED) is 0.405. The third kappa shape index (κ3) is 2.82. The number of hydrogen-bond donors (Lipinski definition) is 3.